The van der Waals surface area contributed by atoms with Crippen molar-refractivity contribution in [1.82, 2.24) is 5.32 Å². The van der Waals surface area contributed by atoms with Crippen LogP contribution in [0.5, 0.6) is 11.5 Å². The minimum absolute atomic E-state index is 0.0408. The largest absolute Gasteiger partial charge is 0.507 e. The second kappa shape index (κ2) is 9.50. The van der Waals surface area contributed by atoms with Crippen molar-refractivity contribution >= 4 is 29.6 Å². The molecule has 0 aliphatic carbocycles. The number of aromatic hydroxyl groups is 1. The van der Waals surface area contributed by atoms with Crippen LogP contribution >= 0.6 is 11.8 Å². The Bertz CT molecular complexity index is 735. The number of fused-ring (bicyclic) bond motifs is 1. The lowest BCUT2D eigenvalue weighted by Crippen LogP contribution is -2.43. The summed E-state index contributed by atoms with van der Waals surface area (Å²) in [5, 5.41) is 13.0. The smallest absolute Gasteiger partial charge is 0.338 e. The number of amides is 1. The third kappa shape index (κ3) is 5.06. The highest BCUT2D eigenvalue weighted by Crippen LogP contribution is 2.35. The van der Waals surface area contributed by atoms with E-state index in [1.165, 1.54) is 32.0 Å². The van der Waals surface area contributed by atoms with Crippen LogP contribution in [0.4, 0.5) is 0 Å². The van der Waals surface area contributed by atoms with E-state index in [4.69, 9.17) is 14.2 Å². The third-order valence-corrected chi connectivity index (χ3v) is 5.24. The van der Waals surface area contributed by atoms with Gasteiger partial charge in [-0.2, -0.15) is 11.8 Å². The molecule has 9 heteroatoms. The van der Waals surface area contributed by atoms with E-state index in [0.29, 0.717) is 23.3 Å². The van der Waals surface area contributed by atoms with Gasteiger partial charge in [-0.3, -0.25) is 4.79 Å². The number of nitrogens with one attached hydrogen (secondary N) is 1. The summed E-state index contributed by atoms with van der Waals surface area (Å²) < 4.78 is 15.2. The number of esters is 2. The topological polar surface area (TPSA) is 111 Å². The van der Waals surface area contributed by atoms with E-state index in [-0.39, 0.29) is 41.8 Å². The van der Waals surface area contributed by atoms with Gasteiger partial charge in [-0.15, -0.1) is 0 Å². The van der Waals surface area contributed by atoms with Gasteiger partial charge >= 0.3 is 11.9 Å². The van der Waals surface area contributed by atoms with Crippen molar-refractivity contribution in [3.05, 3.63) is 22.8 Å². The van der Waals surface area contributed by atoms with Crippen molar-refractivity contribution in [3.8, 4) is 11.5 Å². The molecule has 1 heterocycles. The monoisotopic (exact) mass is 397 g/mol. The molecule has 1 amide bonds. The van der Waals surface area contributed by atoms with Gasteiger partial charge in [-0.25, -0.2) is 9.59 Å². The summed E-state index contributed by atoms with van der Waals surface area (Å²) in [5.74, 6) is -0.691. The first-order valence-electron chi connectivity index (χ1n) is 8.40. The summed E-state index contributed by atoms with van der Waals surface area (Å²) in [6.07, 6.45) is 0.420. The Labute approximate surface area is 161 Å². The van der Waals surface area contributed by atoms with Gasteiger partial charge in [0.1, 0.15) is 17.5 Å². The predicted molar refractivity (Wildman–Crippen MR) is 99.0 cm³/mol. The molecule has 0 spiro atoms. The van der Waals surface area contributed by atoms with Crippen LogP contribution in [0, 0.1) is 6.92 Å². The quantitative estimate of drug-likeness (QED) is 0.723. The highest BCUT2D eigenvalue weighted by atomic mass is 32.2. The maximum absolute atomic E-state index is 12.6. The molecule has 0 radical (unpaired) electrons. The number of rotatable bonds is 2. The van der Waals surface area contributed by atoms with Crippen molar-refractivity contribution in [2.45, 2.75) is 31.6 Å². The summed E-state index contributed by atoms with van der Waals surface area (Å²) in [6.45, 7) is 1.75. The molecular formula is C18H23NO7S. The van der Waals surface area contributed by atoms with Gasteiger partial charge in [-0.05, 0) is 13.3 Å². The molecule has 0 aromatic heterocycles. The van der Waals surface area contributed by atoms with E-state index in [9.17, 15) is 19.5 Å². The summed E-state index contributed by atoms with van der Waals surface area (Å²) >= 11 is 1.29. The lowest BCUT2D eigenvalue weighted by atomic mass is 10.0. The number of phenolic OH excluding ortho intramolecular Hbond substituents is 1. The van der Waals surface area contributed by atoms with Crippen molar-refractivity contribution < 1.29 is 33.7 Å². The number of hydrogen-bond donors (Lipinski definition) is 2. The molecule has 2 rings (SSSR count). The number of cyclic esters (lactones) is 1. The Morgan fingerprint density at radius 1 is 1.37 bits per heavy atom. The Balaban J connectivity index is 2.37. The van der Waals surface area contributed by atoms with Gasteiger partial charge in [0, 0.05) is 35.1 Å². The van der Waals surface area contributed by atoms with Crippen molar-refractivity contribution in [2.75, 3.05) is 26.6 Å². The number of hydrogen-bond acceptors (Lipinski definition) is 8. The van der Waals surface area contributed by atoms with Crippen LogP contribution < -0.4 is 10.1 Å². The van der Waals surface area contributed by atoms with Crippen LogP contribution in [-0.2, 0) is 24.8 Å². The molecular weight excluding hydrogens is 374 g/mol. The lowest BCUT2D eigenvalue weighted by molar-refractivity contribution is -0.144. The fraction of sp³-hybridized carbons (Fsp3) is 0.500. The molecule has 0 unspecified atom stereocenters. The molecule has 0 saturated carbocycles. The minimum Gasteiger partial charge on any atom is -0.507 e. The van der Waals surface area contributed by atoms with Gasteiger partial charge in [0.15, 0.2) is 0 Å². The Hall–Kier alpha value is -2.42. The minimum atomic E-state index is -0.810. The standard InChI is InChI=1S/C18H23NO7S/c1-10-14(24-2)7-13(20)11-8-27-9-12(17(22)25-3)19-15(21)5-4-6-26-18(23)16(10)11/h7,12,20H,4-6,8-9H2,1-3H3,(H,19,21)/t12-/m0/s1. The third-order valence-electron chi connectivity index (χ3n) is 4.18. The van der Waals surface area contributed by atoms with Crippen LogP contribution in [-0.4, -0.2) is 55.6 Å². The number of methoxy groups -OCH3 is 2. The normalized spacial score (nSPS) is 18.7. The number of carbonyl (C=O) groups excluding carboxylic acids is 3. The van der Waals surface area contributed by atoms with E-state index in [1.807, 2.05) is 0 Å². The van der Waals surface area contributed by atoms with Crippen molar-refractivity contribution in [3.63, 3.8) is 0 Å². The molecule has 2 N–H and O–H groups in total. The number of ether oxygens (including phenoxy) is 3. The van der Waals surface area contributed by atoms with E-state index < -0.39 is 18.0 Å². The van der Waals surface area contributed by atoms with Crippen molar-refractivity contribution in [1.29, 1.82) is 0 Å². The zero-order valence-corrected chi connectivity index (χ0v) is 16.3. The molecule has 0 bridgehead atoms. The molecule has 1 aliphatic heterocycles. The molecule has 8 nitrogen and oxygen atoms in total. The van der Waals surface area contributed by atoms with Gasteiger partial charge in [0.05, 0.1) is 26.4 Å². The number of benzene rings is 1. The molecule has 27 heavy (non-hydrogen) atoms. The van der Waals surface area contributed by atoms with Gasteiger partial charge in [-0.1, -0.05) is 0 Å². The maximum atomic E-state index is 12.6. The van der Waals surface area contributed by atoms with Crippen LogP contribution in [0.1, 0.15) is 34.3 Å². The van der Waals surface area contributed by atoms with E-state index >= 15 is 0 Å². The Kier molecular flexibility index (Phi) is 7.35. The first kappa shape index (κ1) is 20.9. The summed E-state index contributed by atoms with van der Waals surface area (Å²) in [4.78, 5) is 36.5. The second-order valence-corrected chi connectivity index (χ2v) is 7.00. The summed E-state index contributed by atoms with van der Waals surface area (Å²) in [6, 6.07) is 0.634. The number of carbonyl (C=O) groups is 3. The predicted octanol–water partition coefficient (Wildman–Crippen LogP) is 1.55. The fourth-order valence-corrected chi connectivity index (χ4v) is 3.83. The van der Waals surface area contributed by atoms with E-state index in [2.05, 4.69) is 5.32 Å². The van der Waals surface area contributed by atoms with E-state index in [0.717, 1.165) is 0 Å². The first-order chi connectivity index (χ1) is 12.9. The van der Waals surface area contributed by atoms with E-state index in [1.54, 1.807) is 6.92 Å². The second-order valence-electron chi connectivity index (χ2n) is 5.97. The van der Waals surface area contributed by atoms with Crippen LogP contribution in [0.25, 0.3) is 0 Å². The summed E-state index contributed by atoms with van der Waals surface area (Å²) in [5.41, 5.74) is 1.20. The highest BCUT2D eigenvalue weighted by Gasteiger charge is 2.26. The highest BCUT2D eigenvalue weighted by molar-refractivity contribution is 7.98. The molecule has 0 saturated heterocycles. The molecule has 1 aromatic carbocycles. The zero-order valence-electron chi connectivity index (χ0n) is 15.5. The number of thioether (sulfide) groups is 1. The average molecular weight is 397 g/mol. The molecule has 0 fully saturated rings. The molecule has 1 aliphatic rings. The molecule has 1 atom stereocenters. The van der Waals surface area contributed by atoms with Crippen LogP contribution in [0.2, 0.25) is 0 Å². The first-order valence-corrected chi connectivity index (χ1v) is 9.56. The lowest BCUT2D eigenvalue weighted by Gasteiger charge is -2.18. The van der Waals surface area contributed by atoms with Crippen molar-refractivity contribution in [2.24, 2.45) is 0 Å². The fourth-order valence-electron chi connectivity index (χ4n) is 2.76. The molecule has 1 aromatic rings. The zero-order chi connectivity index (χ0) is 20.0. The van der Waals surface area contributed by atoms with Crippen LogP contribution in [0.15, 0.2) is 6.07 Å². The van der Waals surface area contributed by atoms with Gasteiger partial charge in [0.25, 0.3) is 0 Å². The SMILES string of the molecule is COC(=O)[C@@H]1CSCc2c(O)cc(OC)c(C)c2C(=O)OCCCC(=O)N1. The van der Waals surface area contributed by atoms with Gasteiger partial charge < -0.3 is 24.6 Å². The maximum Gasteiger partial charge on any atom is 0.338 e. The summed E-state index contributed by atoms with van der Waals surface area (Å²) in [7, 11) is 2.70. The average Bonchev–Trinajstić information content (AvgIpc) is 2.66. The molecule has 148 valence electrons. The van der Waals surface area contributed by atoms with Crippen LogP contribution in [0.3, 0.4) is 0 Å². The van der Waals surface area contributed by atoms with Gasteiger partial charge in [0.2, 0.25) is 5.91 Å². The number of phenols is 1. The Morgan fingerprint density at radius 2 is 2.11 bits per heavy atom. The Morgan fingerprint density at radius 3 is 2.78 bits per heavy atom.